The van der Waals surface area contributed by atoms with Gasteiger partial charge in [-0.1, -0.05) is 38.1 Å². The number of aromatic nitrogens is 1. The molecule has 0 radical (unpaired) electrons. The van der Waals surface area contributed by atoms with E-state index in [2.05, 4.69) is 36.9 Å². The number of carbonyl (C=O) groups excluding carboxylic acids is 1. The highest BCUT2D eigenvalue weighted by atomic mass is 35.5. The Hall–Kier alpha value is -2.13. The summed E-state index contributed by atoms with van der Waals surface area (Å²) in [6.07, 6.45) is 3.75. The minimum Gasteiger partial charge on any atom is -1.00 e. The molecule has 0 atom stereocenters. The van der Waals surface area contributed by atoms with E-state index in [1.54, 1.807) is 6.08 Å². The van der Waals surface area contributed by atoms with Crippen molar-refractivity contribution >= 4 is 11.5 Å². The number of allylic oxidation sites excluding steroid dienone is 2. The molecule has 1 aliphatic rings. The van der Waals surface area contributed by atoms with Crippen LogP contribution in [0.5, 0.6) is 0 Å². The fourth-order valence-corrected chi connectivity index (χ4v) is 3.36. The molecule has 0 amide bonds. The Morgan fingerprint density at radius 3 is 2.50 bits per heavy atom. The topological polar surface area (TPSA) is 24.2 Å². The summed E-state index contributed by atoms with van der Waals surface area (Å²) in [5.74, 6) is 0.118. The number of carbonyl (C=O) groups is 1. The van der Waals surface area contributed by atoms with E-state index >= 15 is 0 Å². The molecule has 2 aromatic rings. The normalized spacial score (nSPS) is 16.7. The minimum atomic E-state index is -0.155. The van der Waals surface area contributed by atoms with E-state index in [4.69, 9.17) is 0 Å². The average molecular weight is 343 g/mol. The van der Waals surface area contributed by atoms with E-state index < -0.39 is 0 Å². The van der Waals surface area contributed by atoms with Crippen molar-refractivity contribution in [2.24, 2.45) is 0 Å². The van der Waals surface area contributed by atoms with E-state index in [1.807, 2.05) is 49.0 Å². The maximum absolute atomic E-state index is 12.6. The van der Waals surface area contributed by atoms with E-state index in [9.17, 15) is 4.79 Å². The fourth-order valence-electron chi connectivity index (χ4n) is 3.36. The standard InChI is InChI=1S/C20H23N2O.ClH/c1-15-9-7-8-12-22(15)14-16(23)13-19-20(2,3)17-10-5-6-11-18(17)21(19)4;/h5-13H,14H2,1-4H3;1H/q+1;/p-1/b19-13-;. The highest BCUT2D eigenvalue weighted by Gasteiger charge is 2.38. The van der Waals surface area contributed by atoms with Gasteiger partial charge < -0.3 is 17.3 Å². The molecule has 1 aromatic heterocycles. The molecule has 4 heteroatoms. The van der Waals surface area contributed by atoms with Gasteiger partial charge in [0.05, 0.1) is 0 Å². The Labute approximate surface area is 150 Å². The number of benzene rings is 1. The molecule has 24 heavy (non-hydrogen) atoms. The Balaban J connectivity index is 0.00000208. The van der Waals surface area contributed by atoms with Crippen molar-refractivity contribution in [3.05, 3.63) is 71.7 Å². The van der Waals surface area contributed by atoms with Crippen LogP contribution in [0, 0.1) is 6.92 Å². The largest absolute Gasteiger partial charge is 1.00 e. The molecular formula is C20H23ClN2O. The smallest absolute Gasteiger partial charge is 0.222 e. The second-order valence-electron chi connectivity index (χ2n) is 6.67. The Bertz CT molecular complexity index is 796. The number of para-hydroxylation sites is 1. The van der Waals surface area contributed by atoms with Gasteiger partial charge in [-0.3, -0.25) is 4.79 Å². The van der Waals surface area contributed by atoms with Crippen LogP contribution in [0.3, 0.4) is 0 Å². The summed E-state index contributed by atoms with van der Waals surface area (Å²) >= 11 is 0. The number of hydrogen-bond acceptors (Lipinski definition) is 2. The molecule has 0 saturated heterocycles. The van der Waals surface area contributed by atoms with Crippen LogP contribution in [0.1, 0.15) is 25.1 Å². The third-order valence-corrected chi connectivity index (χ3v) is 4.73. The molecule has 0 N–H and O–H groups in total. The minimum absolute atomic E-state index is 0. The maximum atomic E-state index is 12.6. The molecule has 0 aliphatic carbocycles. The molecule has 2 heterocycles. The number of likely N-dealkylation sites (N-methyl/N-ethyl adjacent to an activating group) is 1. The maximum Gasteiger partial charge on any atom is 0.222 e. The van der Waals surface area contributed by atoms with Gasteiger partial charge in [0.1, 0.15) is 0 Å². The molecule has 0 fully saturated rings. The number of pyridine rings is 1. The number of hydrogen-bond donors (Lipinski definition) is 0. The molecule has 0 unspecified atom stereocenters. The summed E-state index contributed by atoms with van der Waals surface area (Å²) in [5.41, 5.74) is 4.43. The highest BCUT2D eigenvalue weighted by molar-refractivity contribution is 5.91. The van der Waals surface area contributed by atoms with E-state index in [1.165, 1.54) is 11.3 Å². The predicted molar refractivity (Wildman–Crippen MR) is 92.3 cm³/mol. The Morgan fingerprint density at radius 2 is 1.83 bits per heavy atom. The van der Waals surface area contributed by atoms with Crippen LogP contribution >= 0.6 is 0 Å². The summed E-state index contributed by atoms with van der Waals surface area (Å²) < 4.78 is 1.98. The lowest BCUT2D eigenvalue weighted by atomic mass is 9.83. The summed E-state index contributed by atoms with van der Waals surface area (Å²) in [4.78, 5) is 14.7. The van der Waals surface area contributed by atoms with Crippen molar-refractivity contribution in [2.45, 2.75) is 32.7 Å². The van der Waals surface area contributed by atoms with Gasteiger partial charge in [0.2, 0.25) is 12.3 Å². The van der Waals surface area contributed by atoms with Gasteiger partial charge in [0, 0.05) is 49.0 Å². The first-order valence-corrected chi connectivity index (χ1v) is 7.94. The van der Waals surface area contributed by atoms with Crippen LogP contribution in [-0.4, -0.2) is 12.8 Å². The molecule has 0 saturated carbocycles. The zero-order valence-electron chi connectivity index (χ0n) is 14.6. The monoisotopic (exact) mass is 342 g/mol. The average Bonchev–Trinajstić information content (AvgIpc) is 2.71. The first kappa shape index (κ1) is 18.2. The van der Waals surface area contributed by atoms with Crippen LogP contribution in [0.4, 0.5) is 5.69 Å². The molecular weight excluding hydrogens is 320 g/mol. The zero-order chi connectivity index (χ0) is 16.6. The molecule has 0 spiro atoms. The molecule has 126 valence electrons. The third kappa shape index (κ3) is 3.09. The molecule has 3 nitrogen and oxygen atoms in total. The van der Waals surface area contributed by atoms with Crippen molar-refractivity contribution in [2.75, 3.05) is 11.9 Å². The van der Waals surface area contributed by atoms with E-state index in [0.29, 0.717) is 6.54 Å². The van der Waals surface area contributed by atoms with Gasteiger partial charge in [-0.25, -0.2) is 0 Å². The van der Waals surface area contributed by atoms with Crippen LogP contribution < -0.4 is 21.9 Å². The number of ketones is 1. The summed E-state index contributed by atoms with van der Waals surface area (Å²) in [7, 11) is 2.04. The van der Waals surface area contributed by atoms with Crippen molar-refractivity contribution < 1.29 is 21.8 Å². The van der Waals surface area contributed by atoms with Gasteiger partial charge in [-0.05, 0) is 11.6 Å². The van der Waals surface area contributed by atoms with Crippen LogP contribution in [0.15, 0.2) is 60.4 Å². The van der Waals surface area contributed by atoms with Gasteiger partial charge in [-0.15, -0.1) is 0 Å². The summed E-state index contributed by atoms with van der Waals surface area (Å²) in [6.45, 7) is 6.74. The van der Waals surface area contributed by atoms with E-state index in [-0.39, 0.29) is 23.6 Å². The Morgan fingerprint density at radius 1 is 1.17 bits per heavy atom. The summed E-state index contributed by atoms with van der Waals surface area (Å²) in [6, 6.07) is 14.3. The van der Waals surface area contributed by atoms with Crippen molar-refractivity contribution in [3.8, 4) is 0 Å². The van der Waals surface area contributed by atoms with Gasteiger partial charge >= 0.3 is 0 Å². The number of nitrogens with zero attached hydrogens (tertiary/aromatic N) is 2. The van der Waals surface area contributed by atoms with Crippen LogP contribution in [0.2, 0.25) is 0 Å². The second-order valence-corrected chi connectivity index (χ2v) is 6.67. The Kier molecular flexibility index (Phi) is 5.14. The van der Waals surface area contributed by atoms with Crippen molar-refractivity contribution in [1.82, 2.24) is 0 Å². The molecule has 1 aliphatic heterocycles. The number of rotatable bonds is 3. The van der Waals surface area contributed by atoms with Gasteiger partial charge in [0.25, 0.3) is 0 Å². The van der Waals surface area contributed by atoms with Gasteiger partial charge in [-0.2, -0.15) is 4.57 Å². The number of anilines is 1. The van der Waals surface area contributed by atoms with E-state index in [0.717, 1.165) is 11.4 Å². The fraction of sp³-hybridized carbons (Fsp3) is 0.300. The predicted octanol–water partition coefficient (Wildman–Crippen LogP) is 0.167. The number of halogens is 1. The lowest BCUT2D eigenvalue weighted by Crippen LogP contribution is -3.00. The first-order chi connectivity index (χ1) is 10.9. The SMILES string of the molecule is Cc1cccc[n+]1CC(=O)/C=C1\N(C)c2ccccc2C1(C)C.[Cl-]. The van der Waals surface area contributed by atoms with Crippen molar-refractivity contribution in [1.29, 1.82) is 0 Å². The second kappa shape index (κ2) is 6.78. The van der Waals surface area contributed by atoms with Crippen molar-refractivity contribution in [3.63, 3.8) is 0 Å². The van der Waals surface area contributed by atoms with Gasteiger partial charge in [0.15, 0.2) is 11.9 Å². The molecule has 3 rings (SSSR count). The highest BCUT2D eigenvalue weighted by Crippen LogP contribution is 2.46. The van der Waals surface area contributed by atoms with Crippen LogP contribution in [-0.2, 0) is 16.8 Å². The molecule has 0 bridgehead atoms. The summed E-state index contributed by atoms with van der Waals surface area (Å²) in [5, 5.41) is 0. The first-order valence-electron chi connectivity index (χ1n) is 7.94. The lowest BCUT2D eigenvalue weighted by molar-refractivity contribution is -0.689. The van der Waals surface area contributed by atoms with Crippen LogP contribution in [0.25, 0.3) is 0 Å². The zero-order valence-corrected chi connectivity index (χ0v) is 15.3. The molecule has 1 aromatic carbocycles. The third-order valence-electron chi connectivity index (χ3n) is 4.73. The lowest BCUT2D eigenvalue weighted by Gasteiger charge is -2.23. The number of aryl methyl sites for hydroxylation is 1. The number of fused-ring (bicyclic) bond motifs is 1. The quantitative estimate of drug-likeness (QED) is 0.586.